The third-order valence-corrected chi connectivity index (χ3v) is 4.04. The van der Waals surface area contributed by atoms with E-state index in [-0.39, 0.29) is 24.0 Å². The molecule has 2 bridgehead atoms. The Hall–Kier alpha value is -2.20. The predicted molar refractivity (Wildman–Crippen MR) is 70.0 cm³/mol. The molecule has 2 heterocycles. The molecule has 3 aliphatic rings. The van der Waals surface area contributed by atoms with Gasteiger partial charge < -0.3 is 0 Å². The third-order valence-electron chi connectivity index (χ3n) is 4.04. The first-order valence-electron chi connectivity index (χ1n) is 6.21. The minimum absolute atomic E-state index is 0.0517. The number of azide groups is 2. The number of hydrogen-bond acceptors (Lipinski definition) is 3. The van der Waals surface area contributed by atoms with E-state index in [0.29, 0.717) is 0 Å². The van der Waals surface area contributed by atoms with Crippen LogP contribution >= 0.6 is 0 Å². The van der Waals surface area contributed by atoms with Crippen molar-refractivity contribution < 1.29 is 0 Å². The van der Waals surface area contributed by atoms with Crippen molar-refractivity contribution in [3.05, 3.63) is 56.8 Å². The molecule has 7 heteroatoms. The summed E-state index contributed by atoms with van der Waals surface area (Å²) >= 11 is 0. The fourth-order valence-corrected chi connectivity index (χ4v) is 3.22. The van der Waals surface area contributed by atoms with Crippen LogP contribution in [0.3, 0.4) is 0 Å². The fourth-order valence-electron chi connectivity index (χ4n) is 3.22. The van der Waals surface area contributed by atoms with Gasteiger partial charge in [0, 0.05) is 29.0 Å². The molecule has 3 fully saturated rings. The summed E-state index contributed by atoms with van der Waals surface area (Å²) in [6.45, 7) is 1.63. The van der Waals surface area contributed by atoms with E-state index in [1.54, 1.807) is 0 Å². The van der Waals surface area contributed by atoms with Gasteiger partial charge in [0.25, 0.3) is 0 Å². The first-order chi connectivity index (χ1) is 9.35. The third kappa shape index (κ3) is 1.90. The highest BCUT2D eigenvalue weighted by atomic mass is 15.4. The normalized spacial score (nSPS) is 32.0. The molecular weight excluding hydrogens is 242 g/mol. The quantitative estimate of drug-likeness (QED) is 0.461. The second kappa shape index (κ2) is 4.82. The van der Waals surface area contributed by atoms with Gasteiger partial charge >= 0.3 is 0 Å². The molecule has 1 aromatic rings. The number of hydrogen-bond donors (Lipinski definition) is 0. The second-order valence-electron chi connectivity index (χ2n) is 4.96. The summed E-state index contributed by atoms with van der Waals surface area (Å²) in [4.78, 5) is 8.04. The van der Waals surface area contributed by atoms with Crippen molar-refractivity contribution in [2.45, 2.75) is 24.7 Å². The minimum atomic E-state index is -0.0517. The lowest BCUT2D eigenvalue weighted by molar-refractivity contribution is 0.175. The van der Waals surface area contributed by atoms with Crippen LogP contribution in [0.25, 0.3) is 20.9 Å². The fraction of sp³-hybridized carbons (Fsp3) is 0.500. The standard InChI is InChI=1S/C12H13N7/c13-17-15-10-9-7-19(12(10)11(9)16-18-14)6-8-4-2-1-3-5-8/h1-5,9-12H,6-7H2. The lowest BCUT2D eigenvalue weighted by Gasteiger charge is -2.39. The molecule has 0 spiro atoms. The Labute approximate surface area is 110 Å². The average molecular weight is 255 g/mol. The molecule has 96 valence electrons. The Kier molecular flexibility index (Phi) is 3.01. The van der Waals surface area contributed by atoms with Gasteiger partial charge in [-0.05, 0) is 22.5 Å². The van der Waals surface area contributed by atoms with E-state index in [9.17, 15) is 0 Å². The number of benzene rings is 1. The van der Waals surface area contributed by atoms with E-state index in [0.717, 1.165) is 13.1 Å². The van der Waals surface area contributed by atoms with Crippen molar-refractivity contribution in [3.8, 4) is 0 Å². The van der Waals surface area contributed by atoms with Crippen molar-refractivity contribution in [2.75, 3.05) is 6.54 Å². The van der Waals surface area contributed by atoms with Gasteiger partial charge in [-0.25, -0.2) is 0 Å². The second-order valence-corrected chi connectivity index (χ2v) is 4.96. The molecular formula is C12H13N7. The zero-order valence-electron chi connectivity index (χ0n) is 10.2. The van der Waals surface area contributed by atoms with E-state index in [4.69, 9.17) is 11.1 Å². The molecule has 2 unspecified atom stereocenters. The van der Waals surface area contributed by atoms with E-state index >= 15 is 0 Å². The summed E-state index contributed by atoms with van der Waals surface area (Å²) < 4.78 is 0. The van der Waals surface area contributed by atoms with Gasteiger partial charge in [-0.15, -0.1) is 0 Å². The van der Waals surface area contributed by atoms with E-state index in [1.165, 1.54) is 5.56 Å². The summed E-state index contributed by atoms with van der Waals surface area (Å²) in [5.74, 6) is 0.167. The van der Waals surface area contributed by atoms with Gasteiger partial charge in [0.2, 0.25) is 0 Å². The first kappa shape index (κ1) is 11.9. The van der Waals surface area contributed by atoms with Crippen LogP contribution in [0.1, 0.15) is 5.56 Å². The van der Waals surface area contributed by atoms with Gasteiger partial charge in [0.05, 0.1) is 12.1 Å². The molecule has 4 rings (SSSR count). The monoisotopic (exact) mass is 255 g/mol. The smallest absolute Gasteiger partial charge is 0.0578 e. The van der Waals surface area contributed by atoms with Crippen molar-refractivity contribution in [1.29, 1.82) is 0 Å². The molecule has 2 aliphatic heterocycles. The Balaban J connectivity index is 1.78. The zero-order chi connectivity index (χ0) is 13.2. The molecule has 0 aromatic heterocycles. The summed E-state index contributed by atoms with van der Waals surface area (Å²) in [7, 11) is 0. The van der Waals surface area contributed by atoms with Crippen LogP contribution in [-0.4, -0.2) is 29.6 Å². The van der Waals surface area contributed by atoms with Crippen LogP contribution in [0, 0.1) is 5.92 Å². The van der Waals surface area contributed by atoms with Crippen LogP contribution in [-0.2, 0) is 6.54 Å². The van der Waals surface area contributed by atoms with Gasteiger partial charge in [0.15, 0.2) is 0 Å². The molecule has 1 aliphatic carbocycles. The van der Waals surface area contributed by atoms with Crippen LogP contribution < -0.4 is 0 Å². The molecule has 0 amide bonds. The van der Waals surface area contributed by atoms with E-state index < -0.39 is 0 Å². The van der Waals surface area contributed by atoms with Crippen molar-refractivity contribution in [3.63, 3.8) is 0 Å². The number of fused-ring (bicyclic) bond motifs is 1. The minimum Gasteiger partial charge on any atom is -0.295 e. The van der Waals surface area contributed by atoms with Gasteiger partial charge in [-0.2, -0.15) is 0 Å². The number of nitrogens with zero attached hydrogens (tertiary/aromatic N) is 7. The molecule has 7 nitrogen and oxygen atoms in total. The van der Waals surface area contributed by atoms with Crippen molar-refractivity contribution in [1.82, 2.24) is 4.90 Å². The Bertz CT molecular complexity index is 533. The lowest BCUT2D eigenvalue weighted by atomic mass is 9.75. The highest BCUT2D eigenvalue weighted by molar-refractivity contribution is 5.22. The Morgan fingerprint density at radius 3 is 2.32 bits per heavy atom. The van der Waals surface area contributed by atoms with Crippen molar-refractivity contribution in [2.24, 2.45) is 16.1 Å². The van der Waals surface area contributed by atoms with E-state index in [2.05, 4.69) is 37.1 Å². The molecule has 0 N–H and O–H groups in total. The summed E-state index contributed by atoms with van der Waals surface area (Å²) in [5, 5.41) is 7.67. The largest absolute Gasteiger partial charge is 0.295 e. The van der Waals surface area contributed by atoms with Gasteiger partial charge in [0.1, 0.15) is 0 Å². The molecule has 2 saturated heterocycles. The predicted octanol–water partition coefficient (Wildman–Crippen LogP) is 2.86. The molecule has 19 heavy (non-hydrogen) atoms. The topological polar surface area (TPSA) is 101 Å². The maximum Gasteiger partial charge on any atom is 0.0578 e. The zero-order valence-corrected chi connectivity index (χ0v) is 10.2. The summed E-state index contributed by atoms with van der Waals surface area (Å²) in [5.41, 5.74) is 18.4. The Morgan fingerprint density at radius 2 is 1.74 bits per heavy atom. The summed E-state index contributed by atoms with van der Waals surface area (Å²) in [6.07, 6.45) is 0. The summed E-state index contributed by atoms with van der Waals surface area (Å²) in [6, 6.07) is 10.1. The number of rotatable bonds is 4. The highest BCUT2D eigenvalue weighted by Crippen LogP contribution is 2.46. The molecule has 2 atom stereocenters. The highest BCUT2D eigenvalue weighted by Gasteiger charge is 2.58. The lowest BCUT2D eigenvalue weighted by Crippen LogP contribution is -2.54. The maximum atomic E-state index is 8.59. The van der Waals surface area contributed by atoms with Crippen LogP contribution in [0.2, 0.25) is 0 Å². The van der Waals surface area contributed by atoms with Crippen LogP contribution in [0.5, 0.6) is 0 Å². The van der Waals surface area contributed by atoms with E-state index in [1.807, 2.05) is 18.2 Å². The molecule has 1 aromatic carbocycles. The first-order valence-corrected chi connectivity index (χ1v) is 6.21. The van der Waals surface area contributed by atoms with Crippen LogP contribution in [0.15, 0.2) is 40.6 Å². The van der Waals surface area contributed by atoms with Gasteiger partial charge in [-0.3, -0.25) is 4.90 Å². The average Bonchev–Trinajstić information content (AvgIpc) is 2.95. The Morgan fingerprint density at radius 1 is 1.11 bits per heavy atom. The van der Waals surface area contributed by atoms with Crippen molar-refractivity contribution >= 4 is 0 Å². The molecule has 0 radical (unpaired) electrons. The van der Waals surface area contributed by atoms with Crippen LogP contribution in [0.4, 0.5) is 0 Å². The SMILES string of the molecule is [N-]=[N+]=NC1C2CN(Cc3ccccc3)C1C2N=[N+]=[N-]. The maximum absolute atomic E-state index is 8.59. The molecule has 1 saturated carbocycles. The van der Waals surface area contributed by atoms with Gasteiger partial charge in [-0.1, -0.05) is 40.6 Å².